The van der Waals surface area contributed by atoms with Gasteiger partial charge in [-0.25, -0.2) is 4.99 Å². The van der Waals surface area contributed by atoms with E-state index < -0.39 is 5.60 Å². The van der Waals surface area contributed by atoms with Gasteiger partial charge in [0.15, 0.2) is 17.5 Å². The fourth-order valence-corrected chi connectivity index (χ4v) is 2.22. The molecule has 1 rings (SSSR count). The molecule has 0 heterocycles. The van der Waals surface area contributed by atoms with E-state index in [4.69, 9.17) is 14.2 Å². The summed E-state index contributed by atoms with van der Waals surface area (Å²) in [5.74, 6) is 1.64. The van der Waals surface area contributed by atoms with Crippen molar-refractivity contribution in [2.45, 2.75) is 39.7 Å². The van der Waals surface area contributed by atoms with Crippen molar-refractivity contribution in [2.24, 2.45) is 4.99 Å². The highest BCUT2D eigenvalue weighted by atomic mass is 16.6. The normalized spacial score (nSPS) is 11.7. The van der Waals surface area contributed by atoms with E-state index in [0.717, 1.165) is 12.0 Å². The van der Waals surface area contributed by atoms with Crippen molar-refractivity contribution in [3.8, 4) is 11.5 Å². The highest BCUT2D eigenvalue weighted by Crippen LogP contribution is 2.27. The topological polar surface area (TPSA) is 81.2 Å². The summed E-state index contributed by atoms with van der Waals surface area (Å²) in [7, 11) is 3.23. The fourth-order valence-electron chi connectivity index (χ4n) is 2.22. The summed E-state index contributed by atoms with van der Waals surface area (Å²) < 4.78 is 15.8. The van der Waals surface area contributed by atoms with Crippen LogP contribution in [0.25, 0.3) is 0 Å². The summed E-state index contributed by atoms with van der Waals surface area (Å²) in [6.45, 7) is 8.82. The quantitative estimate of drug-likeness (QED) is 0.417. The molecule has 0 aliphatic rings. The summed E-state index contributed by atoms with van der Waals surface area (Å²) in [6, 6.07) is 5.83. The third-order valence-electron chi connectivity index (χ3n) is 3.28. The van der Waals surface area contributed by atoms with E-state index in [-0.39, 0.29) is 12.5 Å². The average Bonchev–Trinajstić information content (AvgIpc) is 2.58. The van der Waals surface area contributed by atoms with Crippen molar-refractivity contribution in [3.05, 3.63) is 23.8 Å². The number of aliphatic imine (C=N–C) groups is 1. The number of hydrogen-bond donors (Lipinski definition) is 2. The molecule has 2 N–H and O–H groups in total. The maximum absolute atomic E-state index is 11.8. The zero-order chi connectivity index (χ0) is 19.6. The number of methoxy groups -OCH3 is 2. The number of esters is 1. The lowest BCUT2D eigenvalue weighted by Gasteiger charge is -2.19. The van der Waals surface area contributed by atoms with Gasteiger partial charge < -0.3 is 24.8 Å². The first-order valence-corrected chi connectivity index (χ1v) is 8.74. The molecule has 0 aromatic heterocycles. The van der Waals surface area contributed by atoms with Crippen molar-refractivity contribution in [3.63, 3.8) is 0 Å². The van der Waals surface area contributed by atoms with Crippen molar-refractivity contribution >= 4 is 11.9 Å². The Kier molecular flexibility index (Phi) is 8.75. The number of hydrogen-bond acceptors (Lipinski definition) is 5. The molecule has 0 atom stereocenters. The van der Waals surface area contributed by atoms with E-state index in [1.807, 2.05) is 45.9 Å². The second kappa shape index (κ2) is 10.5. The zero-order valence-corrected chi connectivity index (χ0v) is 16.6. The van der Waals surface area contributed by atoms with E-state index in [9.17, 15) is 4.79 Å². The second-order valence-corrected chi connectivity index (χ2v) is 6.65. The molecule has 0 amide bonds. The molecule has 1 aromatic rings. The number of carbonyl (C=O) groups excluding carboxylic acids is 1. The molecule has 0 fully saturated rings. The predicted molar refractivity (Wildman–Crippen MR) is 103 cm³/mol. The number of ether oxygens (including phenoxy) is 3. The second-order valence-electron chi connectivity index (χ2n) is 6.65. The molecule has 7 heteroatoms. The van der Waals surface area contributed by atoms with Crippen LogP contribution in [0.1, 0.15) is 33.3 Å². The molecule has 0 unspecified atom stereocenters. The summed E-state index contributed by atoms with van der Waals surface area (Å²) in [6.07, 6.45) is 0.775. The number of rotatable bonds is 8. The lowest BCUT2D eigenvalue weighted by Crippen LogP contribution is -2.39. The van der Waals surface area contributed by atoms with Gasteiger partial charge in [-0.3, -0.25) is 4.79 Å². The molecule has 146 valence electrons. The standard InChI is InChI=1S/C19H31N3O4/c1-7-20-18(22-13-17(23)26-19(2,3)4)21-11-10-14-8-9-15(24-5)16(12-14)25-6/h8-9,12H,7,10-11,13H2,1-6H3,(H2,20,21,22). The minimum absolute atomic E-state index is 0.0248. The van der Waals surface area contributed by atoms with E-state index in [1.165, 1.54) is 0 Å². The van der Waals surface area contributed by atoms with Gasteiger partial charge in [-0.15, -0.1) is 0 Å². The van der Waals surface area contributed by atoms with Crippen molar-refractivity contribution in [1.82, 2.24) is 10.6 Å². The average molecular weight is 365 g/mol. The third-order valence-corrected chi connectivity index (χ3v) is 3.28. The van der Waals surface area contributed by atoms with Gasteiger partial charge in [-0.2, -0.15) is 0 Å². The summed E-state index contributed by atoms with van der Waals surface area (Å²) in [5.41, 5.74) is 0.601. The van der Waals surface area contributed by atoms with Gasteiger partial charge in [0.25, 0.3) is 0 Å². The molecule has 0 aliphatic heterocycles. The lowest BCUT2D eigenvalue weighted by molar-refractivity contribution is -0.152. The Morgan fingerprint density at radius 2 is 1.81 bits per heavy atom. The molecule has 0 aliphatic carbocycles. The highest BCUT2D eigenvalue weighted by molar-refractivity contribution is 5.83. The Morgan fingerprint density at radius 1 is 1.12 bits per heavy atom. The Bertz CT molecular complexity index is 609. The monoisotopic (exact) mass is 365 g/mol. The number of guanidine groups is 1. The van der Waals surface area contributed by atoms with Crippen LogP contribution in [0, 0.1) is 0 Å². The Balaban J connectivity index is 2.58. The van der Waals surface area contributed by atoms with Crippen LogP contribution in [0.5, 0.6) is 11.5 Å². The molecule has 0 bridgehead atoms. The predicted octanol–water partition coefficient (Wildman–Crippen LogP) is 2.14. The largest absolute Gasteiger partial charge is 0.493 e. The number of benzene rings is 1. The summed E-state index contributed by atoms with van der Waals surface area (Å²) >= 11 is 0. The molecule has 1 aromatic carbocycles. The van der Waals surface area contributed by atoms with Crippen LogP contribution in [0.3, 0.4) is 0 Å². The van der Waals surface area contributed by atoms with Crippen LogP contribution in [0.15, 0.2) is 23.2 Å². The number of nitrogens with zero attached hydrogens (tertiary/aromatic N) is 1. The van der Waals surface area contributed by atoms with Crippen molar-refractivity contribution < 1.29 is 19.0 Å². The van der Waals surface area contributed by atoms with Crippen LogP contribution in [-0.2, 0) is 16.0 Å². The Labute approximate surface area is 156 Å². The Hall–Kier alpha value is -2.44. The SMILES string of the molecule is CCNC(=NCC(=O)OC(C)(C)C)NCCc1ccc(OC)c(OC)c1. The van der Waals surface area contributed by atoms with Crippen molar-refractivity contribution in [1.29, 1.82) is 0 Å². The van der Waals surface area contributed by atoms with Crippen LogP contribution in [0.2, 0.25) is 0 Å². The van der Waals surface area contributed by atoms with Gasteiger partial charge in [-0.05, 0) is 51.8 Å². The van der Waals surface area contributed by atoms with Gasteiger partial charge in [-0.1, -0.05) is 6.07 Å². The maximum Gasteiger partial charge on any atom is 0.328 e. The fraction of sp³-hybridized carbons (Fsp3) is 0.579. The molecule has 0 spiro atoms. The van der Waals surface area contributed by atoms with E-state index >= 15 is 0 Å². The van der Waals surface area contributed by atoms with Gasteiger partial charge in [0.1, 0.15) is 12.1 Å². The molecule has 0 radical (unpaired) electrons. The first-order chi connectivity index (χ1) is 12.3. The summed E-state index contributed by atoms with van der Waals surface area (Å²) in [4.78, 5) is 16.0. The zero-order valence-electron chi connectivity index (χ0n) is 16.6. The molecule has 26 heavy (non-hydrogen) atoms. The molecule has 0 saturated carbocycles. The smallest absolute Gasteiger partial charge is 0.328 e. The first kappa shape index (κ1) is 21.6. The van der Waals surface area contributed by atoms with Gasteiger partial charge >= 0.3 is 5.97 Å². The lowest BCUT2D eigenvalue weighted by atomic mass is 10.1. The number of carbonyl (C=O) groups is 1. The van der Waals surface area contributed by atoms with Crippen LogP contribution < -0.4 is 20.1 Å². The number of nitrogens with one attached hydrogen (secondary N) is 2. The molecular formula is C19H31N3O4. The van der Waals surface area contributed by atoms with Gasteiger partial charge in [0.05, 0.1) is 14.2 Å². The minimum Gasteiger partial charge on any atom is -0.493 e. The third kappa shape index (κ3) is 8.09. The molecule has 7 nitrogen and oxygen atoms in total. The summed E-state index contributed by atoms with van der Waals surface area (Å²) in [5, 5.41) is 6.33. The van der Waals surface area contributed by atoms with E-state index in [1.54, 1.807) is 14.2 Å². The highest BCUT2D eigenvalue weighted by Gasteiger charge is 2.15. The Morgan fingerprint density at radius 3 is 2.38 bits per heavy atom. The maximum atomic E-state index is 11.8. The van der Waals surface area contributed by atoms with Crippen LogP contribution >= 0.6 is 0 Å². The van der Waals surface area contributed by atoms with E-state index in [2.05, 4.69) is 15.6 Å². The molecule has 0 saturated heterocycles. The van der Waals surface area contributed by atoms with Gasteiger partial charge in [0.2, 0.25) is 0 Å². The van der Waals surface area contributed by atoms with Gasteiger partial charge in [0, 0.05) is 13.1 Å². The van der Waals surface area contributed by atoms with E-state index in [0.29, 0.717) is 30.5 Å². The first-order valence-electron chi connectivity index (χ1n) is 8.74. The van der Waals surface area contributed by atoms with Crippen LogP contribution in [0.4, 0.5) is 0 Å². The molecular weight excluding hydrogens is 334 g/mol. The minimum atomic E-state index is -0.508. The van der Waals surface area contributed by atoms with Crippen LogP contribution in [-0.4, -0.2) is 51.4 Å². The van der Waals surface area contributed by atoms with Crippen molar-refractivity contribution in [2.75, 3.05) is 33.9 Å².